The minimum atomic E-state index is -3.62. The Labute approximate surface area is 218 Å². The lowest BCUT2D eigenvalue weighted by Crippen LogP contribution is -2.06. The van der Waals surface area contributed by atoms with Crippen LogP contribution in [0.25, 0.3) is 0 Å². The molecular weight excluding hydrogens is 484 g/mol. The van der Waals surface area contributed by atoms with E-state index in [1.165, 1.54) is 12.1 Å². The third-order valence-electron chi connectivity index (χ3n) is 5.83. The van der Waals surface area contributed by atoms with Gasteiger partial charge in [-0.05, 0) is 110 Å². The van der Waals surface area contributed by atoms with E-state index in [-0.39, 0.29) is 21.7 Å². The molecule has 0 saturated heterocycles. The fraction of sp³-hybridized carbons (Fsp3) is 0.194. The Kier molecular flexibility index (Phi) is 7.79. The van der Waals surface area contributed by atoms with E-state index in [2.05, 4.69) is 13.8 Å². The Balaban J connectivity index is 1.42. The first-order chi connectivity index (χ1) is 17.6. The molecule has 0 radical (unpaired) electrons. The van der Waals surface area contributed by atoms with Gasteiger partial charge in [-0.3, -0.25) is 4.79 Å². The van der Waals surface area contributed by atoms with E-state index < -0.39 is 9.84 Å². The molecule has 5 nitrogen and oxygen atoms in total. The number of hydrogen-bond acceptors (Lipinski definition) is 5. The molecular formula is C31H30O5S. The van der Waals surface area contributed by atoms with Gasteiger partial charge in [0.1, 0.15) is 17.2 Å². The van der Waals surface area contributed by atoms with Gasteiger partial charge in [0, 0.05) is 11.1 Å². The number of carbonyl (C=O) groups is 1. The van der Waals surface area contributed by atoms with Crippen molar-refractivity contribution in [1.82, 2.24) is 0 Å². The highest BCUT2D eigenvalue weighted by molar-refractivity contribution is 7.91. The predicted octanol–water partition coefficient (Wildman–Crippen LogP) is 7.45. The van der Waals surface area contributed by atoms with Gasteiger partial charge in [0.2, 0.25) is 9.84 Å². The molecule has 0 amide bonds. The lowest BCUT2D eigenvalue weighted by Gasteiger charge is -2.10. The maximum Gasteiger partial charge on any atom is 0.206 e. The van der Waals surface area contributed by atoms with Gasteiger partial charge >= 0.3 is 0 Å². The molecule has 0 aromatic heterocycles. The van der Waals surface area contributed by atoms with Crippen LogP contribution in [0, 0.1) is 0 Å². The van der Waals surface area contributed by atoms with Crippen molar-refractivity contribution >= 4 is 15.6 Å². The fourth-order valence-electron chi connectivity index (χ4n) is 3.79. The van der Waals surface area contributed by atoms with Crippen molar-refractivity contribution in [2.45, 2.75) is 49.5 Å². The molecule has 37 heavy (non-hydrogen) atoms. The number of rotatable bonds is 9. The maximum atomic E-state index is 13.0. The summed E-state index contributed by atoms with van der Waals surface area (Å²) in [6.45, 7) is 8.03. The topological polar surface area (TPSA) is 69.7 Å². The summed E-state index contributed by atoms with van der Waals surface area (Å²) in [4.78, 5) is 13.3. The minimum absolute atomic E-state index is 0.0663. The highest BCUT2D eigenvalue weighted by atomic mass is 32.2. The molecule has 0 fully saturated rings. The first-order valence-corrected chi connectivity index (χ1v) is 13.7. The Morgan fingerprint density at radius 1 is 0.595 bits per heavy atom. The molecule has 0 aliphatic rings. The Bertz CT molecular complexity index is 1450. The number of benzene rings is 4. The van der Waals surface area contributed by atoms with Gasteiger partial charge < -0.3 is 9.47 Å². The number of ether oxygens (including phenoxy) is 2. The second-order valence-corrected chi connectivity index (χ2v) is 11.3. The molecule has 0 saturated carbocycles. The van der Waals surface area contributed by atoms with Gasteiger partial charge in [-0.15, -0.1) is 0 Å². The third-order valence-corrected chi connectivity index (χ3v) is 7.62. The van der Waals surface area contributed by atoms with E-state index in [4.69, 9.17) is 9.47 Å². The monoisotopic (exact) mass is 514 g/mol. The average Bonchev–Trinajstić information content (AvgIpc) is 2.89. The Hall–Kier alpha value is -3.90. The average molecular weight is 515 g/mol. The largest absolute Gasteiger partial charge is 0.491 e. The first kappa shape index (κ1) is 26.2. The summed E-state index contributed by atoms with van der Waals surface area (Å²) in [6, 6.07) is 27.2. The molecule has 0 N–H and O–H groups in total. The molecule has 0 heterocycles. The number of ketones is 1. The lowest BCUT2D eigenvalue weighted by atomic mass is 10.0. The van der Waals surface area contributed by atoms with Gasteiger partial charge in [0.05, 0.1) is 15.9 Å². The second kappa shape index (κ2) is 11.0. The summed E-state index contributed by atoms with van der Waals surface area (Å²) in [5.41, 5.74) is 2.19. The van der Waals surface area contributed by atoms with E-state index in [1.54, 1.807) is 72.8 Å². The van der Waals surface area contributed by atoms with Crippen LogP contribution in [0.5, 0.6) is 17.2 Å². The van der Waals surface area contributed by atoms with Crippen molar-refractivity contribution in [3.05, 3.63) is 114 Å². The summed E-state index contributed by atoms with van der Waals surface area (Å²) < 4.78 is 37.5. The van der Waals surface area contributed by atoms with E-state index in [1.807, 2.05) is 26.0 Å². The summed E-state index contributed by atoms with van der Waals surface area (Å²) in [7, 11) is -3.62. The third kappa shape index (κ3) is 6.27. The second-order valence-electron chi connectivity index (χ2n) is 9.35. The van der Waals surface area contributed by atoms with Crippen LogP contribution in [0.4, 0.5) is 0 Å². The standard InChI is InChI=1S/C31H30O5S/c1-21(2)23-9-17-29(18-10-23)37(33,34)30-19-15-28(16-20-30)36-27-13-7-25(8-14-27)31(32)24-5-11-26(12-6-24)35-22(3)4/h5-22H,1-4H3. The van der Waals surface area contributed by atoms with Gasteiger partial charge in [-0.2, -0.15) is 0 Å². The van der Waals surface area contributed by atoms with Crippen molar-refractivity contribution in [2.75, 3.05) is 0 Å². The van der Waals surface area contributed by atoms with Crippen LogP contribution in [0.2, 0.25) is 0 Å². The zero-order valence-corrected chi connectivity index (χ0v) is 22.2. The maximum absolute atomic E-state index is 13.0. The van der Waals surface area contributed by atoms with Crippen molar-refractivity contribution in [2.24, 2.45) is 0 Å². The molecule has 0 spiro atoms. The highest BCUT2D eigenvalue weighted by Crippen LogP contribution is 2.27. The van der Waals surface area contributed by atoms with Crippen LogP contribution in [0.3, 0.4) is 0 Å². The first-order valence-electron chi connectivity index (χ1n) is 12.2. The van der Waals surface area contributed by atoms with Crippen molar-refractivity contribution in [3.63, 3.8) is 0 Å². The van der Waals surface area contributed by atoms with E-state index in [0.717, 1.165) is 11.3 Å². The van der Waals surface area contributed by atoms with Crippen LogP contribution >= 0.6 is 0 Å². The van der Waals surface area contributed by atoms with E-state index in [9.17, 15) is 13.2 Å². The highest BCUT2D eigenvalue weighted by Gasteiger charge is 2.18. The van der Waals surface area contributed by atoms with E-state index >= 15 is 0 Å². The summed E-state index contributed by atoms with van der Waals surface area (Å²) in [5, 5.41) is 0. The van der Waals surface area contributed by atoms with Gasteiger partial charge in [0.25, 0.3) is 0 Å². The van der Waals surface area contributed by atoms with Crippen LogP contribution in [-0.2, 0) is 9.84 Å². The summed E-state index contributed by atoms with van der Waals surface area (Å²) in [6.07, 6.45) is 0.0663. The van der Waals surface area contributed by atoms with Crippen molar-refractivity contribution in [1.29, 1.82) is 0 Å². The molecule has 0 aliphatic heterocycles. The lowest BCUT2D eigenvalue weighted by molar-refractivity contribution is 0.103. The van der Waals surface area contributed by atoms with E-state index in [0.29, 0.717) is 28.5 Å². The normalized spacial score (nSPS) is 11.5. The Morgan fingerprint density at radius 2 is 1.00 bits per heavy atom. The molecule has 4 rings (SSSR count). The van der Waals surface area contributed by atoms with Crippen molar-refractivity contribution in [3.8, 4) is 17.2 Å². The zero-order valence-electron chi connectivity index (χ0n) is 21.3. The molecule has 0 unspecified atom stereocenters. The SMILES string of the molecule is CC(C)Oc1ccc(C(=O)c2ccc(Oc3ccc(S(=O)(=O)c4ccc(C(C)C)cc4)cc3)cc2)cc1. The molecule has 4 aromatic rings. The molecule has 0 aliphatic carbocycles. The van der Waals surface area contributed by atoms with Gasteiger partial charge in [0.15, 0.2) is 5.78 Å². The van der Waals surface area contributed by atoms with Crippen LogP contribution < -0.4 is 9.47 Å². The molecule has 0 bridgehead atoms. The quantitative estimate of drug-likeness (QED) is 0.217. The smallest absolute Gasteiger partial charge is 0.206 e. The minimum Gasteiger partial charge on any atom is -0.491 e. The van der Waals surface area contributed by atoms with Gasteiger partial charge in [-0.25, -0.2) is 8.42 Å². The van der Waals surface area contributed by atoms with Crippen molar-refractivity contribution < 1.29 is 22.7 Å². The number of sulfone groups is 1. The molecule has 6 heteroatoms. The number of carbonyl (C=O) groups excluding carboxylic acids is 1. The van der Waals surface area contributed by atoms with Gasteiger partial charge in [-0.1, -0.05) is 26.0 Å². The Morgan fingerprint density at radius 3 is 1.43 bits per heavy atom. The van der Waals surface area contributed by atoms with Crippen LogP contribution in [0.15, 0.2) is 107 Å². The van der Waals surface area contributed by atoms with Crippen LogP contribution in [0.1, 0.15) is 55.1 Å². The number of hydrogen-bond donors (Lipinski definition) is 0. The fourth-order valence-corrected chi connectivity index (χ4v) is 5.05. The zero-order chi connectivity index (χ0) is 26.6. The summed E-state index contributed by atoms with van der Waals surface area (Å²) in [5.74, 6) is 1.99. The molecule has 190 valence electrons. The molecule has 0 atom stereocenters. The molecule has 4 aromatic carbocycles. The predicted molar refractivity (Wildman–Crippen MR) is 145 cm³/mol. The summed E-state index contributed by atoms with van der Waals surface area (Å²) >= 11 is 0. The van der Waals surface area contributed by atoms with Crippen LogP contribution in [-0.4, -0.2) is 20.3 Å².